The zero-order chi connectivity index (χ0) is 17.1. The van der Waals surface area contributed by atoms with Gasteiger partial charge in [-0.25, -0.2) is 4.98 Å². The predicted molar refractivity (Wildman–Crippen MR) is 109 cm³/mol. The van der Waals surface area contributed by atoms with Crippen molar-refractivity contribution in [2.75, 3.05) is 0 Å². The minimum Gasteiger partial charge on any atom is -0.333 e. The normalized spacial score (nSPS) is 11.7. The molecule has 1 N–H and O–H groups in total. The first-order valence-corrected chi connectivity index (χ1v) is 8.95. The van der Waals surface area contributed by atoms with Gasteiger partial charge in [0.1, 0.15) is 5.25 Å². The van der Waals surface area contributed by atoms with Gasteiger partial charge in [-0.2, -0.15) is 0 Å². The smallest absolute Gasteiger partial charge is 0.180 e. The van der Waals surface area contributed by atoms with Gasteiger partial charge in [-0.15, -0.1) is 12.4 Å². The summed E-state index contributed by atoms with van der Waals surface area (Å²) in [6.45, 7) is 0. The van der Waals surface area contributed by atoms with Gasteiger partial charge in [-0.3, -0.25) is 4.79 Å². The van der Waals surface area contributed by atoms with Crippen molar-refractivity contribution in [2.24, 2.45) is 0 Å². The van der Waals surface area contributed by atoms with Gasteiger partial charge in [0.25, 0.3) is 0 Å². The number of rotatable bonds is 5. The van der Waals surface area contributed by atoms with Gasteiger partial charge >= 0.3 is 0 Å². The highest BCUT2D eigenvalue weighted by Gasteiger charge is 2.24. The Bertz CT molecular complexity index is 969. The Labute approximate surface area is 162 Å². The molecule has 0 saturated carbocycles. The molecule has 1 aromatic heterocycles. The number of fused-ring (bicyclic) bond motifs is 1. The molecule has 0 spiro atoms. The number of halogens is 1. The molecule has 26 heavy (non-hydrogen) atoms. The predicted octanol–water partition coefficient (Wildman–Crippen LogP) is 5.70. The highest BCUT2D eigenvalue weighted by molar-refractivity contribution is 8.00. The lowest BCUT2D eigenvalue weighted by atomic mass is 10.0. The molecular weight excluding hydrogens is 364 g/mol. The van der Waals surface area contributed by atoms with E-state index in [4.69, 9.17) is 0 Å². The van der Waals surface area contributed by atoms with E-state index >= 15 is 0 Å². The summed E-state index contributed by atoms with van der Waals surface area (Å²) >= 11 is 1.45. The maximum atomic E-state index is 13.1. The standard InChI is InChI=1S/C21H16N2OS.ClH/c24-19(15-9-3-1-4-10-15)20(16-11-5-2-6-12-16)25-21-22-17-13-7-8-14-18(17)23-21;/h1-14,20H,(H,22,23);1H. The number of aromatic nitrogens is 2. The number of nitrogens with zero attached hydrogens (tertiary/aromatic N) is 1. The fraction of sp³-hybridized carbons (Fsp3) is 0.0476. The summed E-state index contributed by atoms with van der Waals surface area (Å²) in [6.07, 6.45) is 0. The average molecular weight is 381 g/mol. The Balaban J connectivity index is 0.00000196. The summed E-state index contributed by atoms with van der Waals surface area (Å²) in [5.41, 5.74) is 3.56. The number of nitrogens with one attached hydrogen (secondary N) is 1. The van der Waals surface area contributed by atoms with Crippen LogP contribution in [0.3, 0.4) is 0 Å². The lowest BCUT2D eigenvalue weighted by Gasteiger charge is -2.14. The topological polar surface area (TPSA) is 45.8 Å². The SMILES string of the molecule is Cl.O=C(c1ccccc1)C(Sc1nc2ccccc2[nH]1)c1ccccc1. The fourth-order valence-electron chi connectivity index (χ4n) is 2.75. The van der Waals surface area contributed by atoms with Crippen LogP contribution >= 0.6 is 24.2 Å². The van der Waals surface area contributed by atoms with Crippen LogP contribution in [0.5, 0.6) is 0 Å². The molecule has 0 aliphatic rings. The van der Waals surface area contributed by atoms with Crippen LogP contribution in [0.4, 0.5) is 0 Å². The zero-order valence-electron chi connectivity index (χ0n) is 13.8. The third-order valence-corrected chi connectivity index (χ3v) is 5.13. The Morgan fingerprint density at radius 3 is 2.15 bits per heavy atom. The maximum absolute atomic E-state index is 13.1. The molecule has 0 aliphatic heterocycles. The quantitative estimate of drug-likeness (QED) is 0.356. The second-order valence-corrected chi connectivity index (χ2v) is 6.79. The number of carbonyl (C=O) groups excluding carboxylic acids is 1. The molecule has 0 radical (unpaired) electrons. The van der Waals surface area contributed by atoms with Crippen molar-refractivity contribution in [2.45, 2.75) is 10.4 Å². The van der Waals surface area contributed by atoms with E-state index in [0.29, 0.717) is 5.56 Å². The minimum absolute atomic E-state index is 0. The van der Waals surface area contributed by atoms with E-state index in [9.17, 15) is 4.79 Å². The van der Waals surface area contributed by atoms with Crippen LogP contribution in [-0.2, 0) is 0 Å². The van der Waals surface area contributed by atoms with E-state index in [0.717, 1.165) is 21.8 Å². The number of hydrogen-bond donors (Lipinski definition) is 1. The third kappa shape index (κ3) is 3.82. The Hall–Kier alpha value is -2.56. The molecule has 1 heterocycles. The molecule has 3 nitrogen and oxygen atoms in total. The third-order valence-electron chi connectivity index (χ3n) is 4.00. The summed E-state index contributed by atoms with van der Waals surface area (Å²) in [6, 6.07) is 27.1. The van der Waals surface area contributed by atoms with Crippen molar-refractivity contribution in [3.63, 3.8) is 0 Å². The molecule has 1 atom stereocenters. The number of carbonyl (C=O) groups is 1. The van der Waals surface area contributed by atoms with Crippen molar-refractivity contribution >= 4 is 41.0 Å². The summed E-state index contributed by atoms with van der Waals surface area (Å²) in [5.74, 6) is 0.0808. The molecule has 0 saturated heterocycles. The van der Waals surface area contributed by atoms with Crippen LogP contribution in [0.1, 0.15) is 21.2 Å². The number of para-hydroxylation sites is 2. The number of hydrogen-bond acceptors (Lipinski definition) is 3. The van der Waals surface area contributed by atoms with Crippen LogP contribution < -0.4 is 0 Å². The van der Waals surface area contributed by atoms with E-state index in [1.54, 1.807) is 0 Å². The average Bonchev–Trinajstić information content (AvgIpc) is 3.09. The van der Waals surface area contributed by atoms with Gasteiger partial charge in [0, 0.05) is 5.56 Å². The van der Waals surface area contributed by atoms with Gasteiger partial charge in [0.05, 0.1) is 11.0 Å². The van der Waals surface area contributed by atoms with E-state index in [2.05, 4.69) is 9.97 Å². The van der Waals surface area contributed by atoms with Crippen LogP contribution in [-0.4, -0.2) is 15.8 Å². The van der Waals surface area contributed by atoms with Crippen LogP contribution in [0.15, 0.2) is 90.1 Å². The summed E-state index contributed by atoms with van der Waals surface area (Å²) in [4.78, 5) is 21.0. The van der Waals surface area contributed by atoms with Gasteiger partial charge < -0.3 is 4.98 Å². The van der Waals surface area contributed by atoms with E-state index < -0.39 is 0 Å². The van der Waals surface area contributed by atoms with Gasteiger partial charge in [0.2, 0.25) is 0 Å². The summed E-state index contributed by atoms with van der Waals surface area (Å²) in [5, 5.41) is 0.406. The lowest BCUT2D eigenvalue weighted by molar-refractivity contribution is 0.0989. The molecule has 4 rings (SSSR count). The summed E-state index contributed by atoms with van der Waals surface area (Å²) in [7, 11) is 0. The van der Waals surface area contributed by atoms with Crippen LogP contribution in [0.25, 0.3) is 11.0 Å². The monoisotopic (exact) mass is 380 g/mol. The Morgan fingerprint density at radius 2 is 1.46 bits per heavy atom. The highest BCUT2D eigenvalue weighted by Crippen LogP contribution is 2.37. The second-order valence-electron chi connectivity index (χ2n) is 5.70. The largest absolute Gasteiger partial charge is 0.333 e. The maximum Gasteiger partial charge on any atom is 0.180 e. The van der Waals surface area contributed by atoms with Crippen molar-refractivity contribution in [1.82, 2.24) is 9.97 Å². The van der Waals surface area contributed by atoms with Crippen molar-refractivity contribution < 1.29 is 4.79 Å². The fourth-order valence-corrected chi connectivity index (χ4v) is 3.83. The Morgan fingerprint density at radius 1 is 0.846 bits per heavy atom. The zero-order valence-corrected chi connectivity index (χ0v) is 15.5. The highest BCUT2D eigenvalue weighted by atomic mass is 35.5. The van der Waals surface area contributed by atoms with E-state index in [1.165, 1.54) is 11.8 Å². The number of benzene rings is 3. The lowest BCUT2D eigenvalue weighted by Crippen LogP contribution is -2.10. The van der Waals surface area contributed by atoms with E-state index in [1.807, 2.05) is 84.9 Å². The van der Waals surface area contributed by atoms with Gasteiger partial charge in [-0.05, 0) is 17.7 Å². The van der Waals surface area contributed by atoms with Crippen molar-refractivity contribution in [3.8, 4) is 0 Å². The molecule has 0 amide bonds. The molecule has 1 unspecified atom stereocenters. The number of Topliss-reactive ketones (excluding diaryl/α,β-unsaturated/α-hetero) is 1. The van der Waals surface area contributed by atoms with E-state index in [-0.39, 0.29) is 23.4 Å². The van der Waals surface area contributed by atoms with Crippen LogP contribution in [0, 0.1) is 0 Å². The number of H-pyrrole nitrogens is 1. The molecule has 5 heteroatoms. The number of imidazole rings is 1. The molecule has 3 aromatic carbocycles. The molecule has 130 valence electrons. The molecular formula is C21H17ClN2OS. The summed E-state index contributed by atoms with van der Waals surface area (Å²) < 4.78 is 0. The minimum atomic E-state index is -0.343. The van der Waals surface area contributed by atoms with Gasteiger partial charge in [0.15, 0.2) is 10.9 Å². The Kier molecular flexibility index (Phi) is 5.76. The van der Waals surface area contributed by atoms with Gasteiger partial charge in [-0.1, -0.05) is 84.6 Å². The molecule has 0 aliphatic carbocycles. The molecule has 4 aromatic rings. The number of ketones is 1. The first kappa shape index (κ1) is 18.2. The molecule has 0 fully saturated rings. The first-order chi connectivity index (χ1) is 12.3. The van der Waals surface area contributed by atoms with Crippen molar-refractivity contribution in [1.29, 1.82) is 0 Å². The second kappa shape index (κ2) is 8.21. The molecule has 0 bridgehead atoms. The first-order valence-electron chi connectivity index (χ1n) is 8.07. The van der Waals surface area contributed by atoms with Crippen LogP contribution in [0.2, 0.25) is 0 Å². The number of aromatic amines is 1. The number of thioether (sulfide) groups is 1. The van der Waals surface area contributed by atoms with Crippen molar-refractivity contribution in [3.05, 3.63) is 96.1 Å².